The second-order valence-corrected chi connectivity index (χ2v) is 12.2. The van der Waals surface area contributed by atoms with Crippen molar-refractivity contribution in [3.8, 4) is 11.5 Å². The van der Waals surface area contributed by atoms with Crippen LogP contribution in [0.15, 0.2) is 66.4 Å². The van der Waals surface area contributed by atoms with Crippen molar-refractivity contribution in [2.75, 3.05) is 19.8 Å². The Morgan fingerprint density at radius 2 is 1.83 bits per heavy atom. The molecule has 0 unspecified atom stereocenters. The largest absolute Gasteiger partial charge is 0.491 e. The molecule has 1 aliphatic heterocycles. The van der Waals surface area contributed by atoms with Crippen molar-refractivity contribution in [3.05, 3.63) is 87.4 Å². The lowest BCUT2D eigenvalue weighted by Gasteiger charge is -2.26. The Labute approximate surface area is 263 Å². The number of benzene rings is 2. The van der Waals surface area contributed by atoms with Gasteiger partial charge >= 0.3 is 11.9 Å². The molecule has 1 aliphatic rings. The van der Waals surface area contributed by atoms with Gasteiger partial charge in [-0.2, -0.15) is 0 Å². The van der Waals surface area contributed by atoms with Crippen LogP contribution in [0.25, 0.3) is 6.08 Å². The number of esters is 2. The van der Waals surface area contributed by atoms with Gasteiger partial charge in [-0.15, -0.1) is 0 Å². The predicted octanol–water partition coefficient (Wildman–Crippen LogP) is 5.05. The summed E-state index contributed by atoms with van der Waals surface area (Å²) in [5, 5.41) is 0. The Balaban J connectivity index is 1.93. The molecule has 12 heteroatoms. The lowest BCUT2D eigenvalue weighted by atomic mass is 9.95. The number of ether oxygens (including phenoxy) is 4. The van der Waals surface area contributed by atoms with Crippen LogP contribution >= 0.6 is 43.2 Å². The van der Waals surface area contributed by atoms with Crippen LogP contribution in [-0.4, -0.2) is 42.4 Å². The number of hydrogen-bond donors (Lipinski definition) is 0. The third kappa shape index (κ3) is 6.87. The van der Waals surface area contributed by atoms with Gasteiger partial charge in [0.25, 0.3) is 5.56 Å². The van der Waals surface area contributed by atoms with Gasteiger partial charge in [0.15, 0.2) is 11.4 Å². The molecule has 3 aromatic rings. The molecule has 0 saturated carbocycles. The van der Waals surface area contributed by atoms with E-state index in [0.29, 0.717) is 42.1 Å². The van der Waals surface area contributed by atoms with Gasteiger partial charge in [0.1, 0.15) is 17.5 Å². The second-order valence-electron chi connectivity index (χ2n) is 9.41. The first kappa shape index (κ1) is 31.7. The SMILES string of the molecule is CCOC(=O)COc1c(Br)cc(Br)cc1/C=c1\sc2n(c1=O)[C@H](c1ccccc1OC(C)C)C(C(=O)OCC)=C(C)N=2. The summed E-state index contributed by atoms with van der Waals surface area (Å²) in [5.41, 5.74) is 1.55. The van der Waals surface area contributed by atoms with Crippen molar-refractivity contribution in [1.82, 2.24) is 4.57 Å². The summed E-state index contributed by atoms with van der Waals surface area (Å²) >= 11 is 8.16. The molecule has 42 heavy (non-hydrogen) atoms. The summed E-state index contributed by atoms with van der Waals surface area (Å²) in [6, 6.07) is 10.1. The first-order valence-electron chi connectivity index (χ1n) is 13.3. The Hall–Kier alpha value is -3.22. The summed E-state index contributed by atoms with van der Waals surface area (Å²) in [4.78, 5) is 44.4. The van der Waals surface area contributed by atoms with Crippen LogP contribution in [0, 0.1) is 0 Å². The van der Waals surface area contributed by atoms with Gasteiger partial charge in [0, 0.05) is 15.6 Å². The third-order valence-corrected chi connectivity index (χ3v) is 8.09. The molecule has 0 amide bonds. The summed E-state index contributed by atoms with van der Waals surface area (Å²) < 4.78 is 25.5. The van der Waals surface area contributed by atoms with E-state index >= 15 is 0 Å². The van der Waals surface area contributed by atoms with Crippen molar-refractivity contribution in [1.29, 1.82) is 0 Å². The van der Waals surface area contributed by atoms with Crippen molar-refractivity contribution in [2.24, 2.45) is 4.99 Å². The fourth-order valence-corrected chi connectivity index (χ4v) is 6.88. The Morgan fingerprint density at radius 3 is 2.52 bits per heavy atom. The minimum Gasteiger partial charge on any atom is -0.491 e. The fourth-order valence-electron chi connectivity index (χ4n) is 4.47. The molecule has 4 rings (SSSR count). The van der Waals surface area contributed by atoms with Crippen LogP contribution < -0.4 is 24.4 Å². The lowest BCUT2D eigenvalue weighted by Crippen LogP contribution is -2.40. The Kier molecular flexibility index (Phi) is 10.4. The minimum absolute atomic E-state index is 0.138. The number of para-hydroxylation sites is 1. The number of allylic oxidation sites excluding steroid dienone is 1. The predicted molar refractivity (Wildman–Crippen MR) is 167 cm³/mol. The molecule has 0 saturated heterocycles. The fraction of sp³-hybridized carbons (Fsp3) is 0.333. The first-order chi connectivity index (χ1) is 20.0. The molecular weight excluding hydrogens is 692 g/mol. The number of carbonyl (C=O) groups excluding carboxylic acids is 2. The van der Waals surface area contributed by atoms with E-state index in [-0.39, 0.29) is 37.1 Å². The average Bonchev–Trinajstić information content (AvgIpc) is 3.21. The third-order valence-electron chi connectivity index (χ3n) is 6.06. The molecule has 0 fully saturated rings. The van der Waals surface area contributed by atoms with Crippen molar-refractivity contribution < 1.29 is 28.5 Å². The van der Waals surface area contributed by atoms with Gasteiger partial charge in [-0.3, -0.25) is 9.36 Å². The maximum absolute atomic E-state index is 14.1. The molecule has 0 spiro atoms. The molecule has 1 atom stereocenters. The molecule has 0 radical (unpaired) electrons. The summed E-state index contributed by atoms with van der Waals surface area (Å²) in [7, 11) is 0. The van der Waals surface area contributed by atoms with Gasteiger partial charge in [-0.1, -0.05) is 45.5 Å². The Morgan fingerprint density at radius 1 is 1.12 bits per heavy atom. The van der Waals surface area contributed by atoms with Gasteiger partial charge < -0.3 is 18.9 Å². The monoisotopic (exact) mass is 720 g/mol. The zero-order chi connectivity index (χ0) is 30.6. The minimum atomic E-state index is -0.828. The number of hydrogen-bond acceptors (Lipinski definition) is 9. The number of carbonyl (C=O) groups is 2. The van der Waals surface area contributed by atoms with Crippen LogP contribution in [-0.2, 0) is 19.1 Å². The first-order valence-corrected chi connectivity index (χ1v) is 15.7. The number of halogens is 2. The van der Waals surface area contributed by atoms with E-state index in [0.717, 1.165) is 4.47 Å². The number of rotatable bonds is 10. The zero-order valence-electron chi connectivity index (χ0n) is 23.7. The smallest absolute Gasteiger partial charge is 0.344 e. The highest BCUT2D eigenvalue weighted by Crippen LogP contribution is 2.37. The molecule has 2 heterocycles. The molecule has 2 aromatic carbocycles. The van der Waals surface area contributed by atoms with Gasteiger partial charge in [-0.05, 0) is 74.8 Å². The highest BCUT2D eigenvalue weighted by Gasteiger charge is 2.35. The van der Waals surface area contributed by atoms with Crippen LogP contribution in [0.4, 0.5) is 0 Å². The van der Waals surface area contributed by atoms with E-state index in [4.69, 9.17) is 18.9 Å². The van der Waals surface area contributed by atoms with E-state index < -0.39 is 18.0 Å². The van der Waals surface area contributed by atoms with E-state index in [9.17, 15) is 14.4 Å². The average molecular weight is 722 g/mol. The van der Waals surface area contributed by atoms with E-state index in [2.05, 4.69) is 36.9 Å². The maximum Gasteiger partial charge on any atom is 0.344 e. The highest BCUT2D eigenvalue weighted by molar-refractivity contribution is 9.11. The molecule has 9 nitrogen and oxygen atoms in total. The van der Waals surface area contributed by atoms with Gasteiger partial charge in [-0.25, -0.2) is 14.6 Å². The summed E-state index contributed by atoms with van der Waals surface area (Å²) in [5.74, 6) is -0.147. The lowest BCUT2D eigenvalue weighted by molar-refractivity contribution is -0.145. The van der Waals surface area contributed by atoms with Crippen molar-refractivity contribution >= 4 is 61.2 Å². The number of nitrogens with zero attached hydrogens (tertiary/aromatic N) is 2. The van der Waals surface area contributed by atoms with Crippen LogP contribution in [0.5, 0.6) is 11.5 Å². The van der Waals surface area contributed by atoms with Crippen molar-refractivity contribution in [2.45, 2.75) is 46.8 Å². The van der Waals surface area contributed by atoms with Crippen LogP contribution in [0.2, 0.25) is 0 Å². The topological polar surface area (TPSA) is 105 Å². The normalized spacial score (nSPS) is 14.9. The molecule has 0 bridgehead atoms. The van der Waals surface area contributed by atoms with Crippen molar-refractivity contribution in [3.63, 3.8) is 0 Å². The highest BCUT2D eigenvalue weighted by atomic mass is 79.9. The molecule has 0 aliphatic carbocycles. The number of fused-ring (bicyclic) bond motifs is 1. The molecule has 0 N–H and O–H groups in total. The quantitative estimate of drug-likeness (QED) is 0.270. The van der Waals surface area contributed by atoms with Gasteiger partial charge in [0.2, 0.25) is 0 Å². The molecule has 1 aromatic heterocycles. The standard InChI is InChI=1S/C30H30Br2N2O7S/c1-6-38-24(35)15-40-27-18(12-19(31)14-21(27)32)13-23-28(36)34-26(20-10-8-9-11-22(20)41-16(3)4)25(29(37)39-7-2)17(5)33-30(34)42-23/h8-14,16,26H,6-7,15H2,1-5H3/b23-13-/t26-/m1/s1. The van der Waals surface area contributed by atoms with Crippen LogP contribution in [0.3, 0.4) is 0 Å². The number of aromatic nitrogens is 1. The Bertz CT molecular complexity index is 1730. The summed E-state index contributed by atoms with van der Waals surface area (Å²) in [6.45, 7) is 9.10. The van der Waals surface area contributed by atoms with E-state index in [1.54, 1.807) is 39.0 Å². The van der Waals surface area contributed by atoms with E-state index in [1.165, 1.54) is 15.9 Å². The molecular formula is C30H30Br2N2O7S. The zero-order valence-corrected chi connectivity index (χ0v) is 27.7. The van der Waals surface area contributed by atoms with Gasteiger partial charge in [0.05, 0.1) is 39.6 Å². The summed E-state index contributed by atoms with van der Waals surface area (Å²) in [6.07, 6.45) is 1.54. The maximum atomic E-state index is 14.1. The van der Waals surface area contributed by atoms with E-state index in [1.807, 2.05) is 38.1 Å². The van der Waals surface area contributed by atoms with Crippen LogP contribution in [0.1, 0.15) is 51.8 Å². The molecule has 222 valence electrons. The second kappa shape index (κ2) is 13.8. The number of thiazole rings is 1.